The van der Waals surface area contributed by atoms with Gasteiger partial charge in [-0.2, -0.15) is 17.0 Å². The molecular formula is C8H12N2S. The van der Waals surface area contributed by atoms with E-state index in [0.29, 0.717) is 0 Å². The highest BCUT2D eigenvalue weighted by atomic mass is 32.2. The van der Waals surface area contributed by atoms with E-state index in [1.54, 1.807) is 0 Å². The van der Waals surface area contributed by atoms with Gasteiger partial charge in [-0.3, -0.25) is 4.90 Å². The van der Waals surface area contributed by atoms with E-state index in [-0.39, 0.29) is 6.04 Å². The van der Waals surface area contributed by atoms with Crippen LogP contribution >= 0.6 is 11.8 Å². The third-order valence-corrected chi connectivity index (χ3v) is 3.60. The zero-order chi connectivity index (χ0) is 7.68. The van der Waals surface area contributed by atoms with Crippen molar-refractivity contribution in [1.82, 2.24) is 4.90 Å². The number of nitrogens with zero attached hydrogens (tertiary/aromatic N) is 2. The number of rotatable bonds is 1. The quantitative estimate of drug-likeness (QED) is 0.548. The van der Waals surface area contributed by atoms with Crippen molar-refractivity contribution in [3.8, 4) is 6.07 Å². The van der Waals surface area contributed by atoms with Crippen molar-refractivity contribution >= 4 is 11.8 Å². The van der Waals surface area contributed by atoms with Crippen LogP contribution in [0.2, 0.25) is 0 Å². The molecule has 3 unspecified atom stereocenters. The minimum atomic E-state index is 0.263. The number of hydrogen-bond donors (Lipinski definition) is 0. The van der Waals surface area contributed by atoms with Crippen LogP contribution in [0.5, 0.6) is 0 Å². The summed E-state index contributed by atoms with van der Waals surface area (Å²) < 4.78 is 0. The van der Waals surface area contributed by atoms with Gasteiger partial charge in [0, 0.05) is 18.3 Å². The maximum atomic E-state index is 8.61. The van der Waals surface area contributed by atoms with Gasteiger partial charge in [0.15, 0.2) is 0 Å². The second-order valence-electron chi connectivity index (χ2n) is 3.21. The first-order valence-corrected chi connectivity index (χ1v) is 5.30. The Hall–Kier alpha value is -0.200. The van der Waals surface area contributed by atoms with Gasteiger partial charge in [-0.05, 0) is 18.6 Å². The Labute approximate surface area is 71.6 Å². The highest BCUT2D eigenvalue weighted by Crippen LogP contribution is 2.29. The molecule has 2 fully saturated rings. The van der Waals surface area contributed by atoms with Crippen LogP contribution in [0, 0.1) is 11.3 Å². The largest absolute Gasteiger partial charge is 0.281 e. The zero-order valence-electron chi connectivity index (χ0n) is 6.49. The van der Waals surface area contributed by atoms with E-state index in [1.807, 2.05) is 11.8 Å². The molecule has 2 aliphatic rings. The molecule has 0 saturated carbocycles. The molecule has 2 nitrogen and oxygen atoms in total. The first-order valence-electron chi connectivity index (χ1n) is 4.15. The summed E-state index contributed by atoms with van der Waals surface area (Å²) in [5.74, 6) is 2.57. The SMILES string of the molecule is N#CC1CN1C1CCCSC1. The van der Waals surface area contributed by atoms with Crippen molar-refractivity contribution in [3.05, 3.63) is 0 Å². The molecule has 0 amide bonds. The van der Waals surface area contributed by atoms with Crippen molar-refractivity contribution < 1.29 is 0 Å². The summed E-state index contributed by atoms with van der Waals surface area (Å²) in [5, 5.41) is 8.61. The molecule has 0 bridgehead atoms. The summed E-state index contributed by atoms with van der Waals surface area (Å²) in [6.07, 6.45) is 2.65. The summed E-state index contributed by atoms with van der Waals surface area (Å²) in [7, 11) is 0. The summed E-state index contributed by atoms with van der Waals surface area (Å²) in [5.41, 5.74) is 0. The van der Waals surface area contributed by atoms with Gasteiger partial charge in [-0.1, -0.05) is 0 Å². The van der Waals surface area contributed by atoms with E-state index in [2.05, 4.69) is 11.0 Å². The van der Waals surface area contributed by atoms with E-state index >= 15 is 0 Å². The Morgan fingerprint density at radius 3 is 3.00 bits per heavy atom. The third kappa shape index (κ3) is 1.52. The maximum Gasteiger partial charge on any atom is 0.111 e. The third-order valence-electron chi connectivity index (χ3n) is 2.40. The molecule has 2 rings (SSSR count). The van der Waals surface area contributed by atoms with Crippen LogP contribution < -0.4 is 0 Å². The van der Waals surface area contributed by atoms with Gasteiger partial charge in [-0.25, -0.2) is 0 Å². The van der Waals surface area contributed by atoms with Crippen molar-refractivity contribution in [2.45, 2.75) is 24.9 Å². The number of thioether (sulfide) groups is 1. The smallest absolute Gasteiger partial charge is 0.111 e. The van der Waals surface area contributed by atoms with Gasteiger partial charge in [-0.15, -0.1) is 0 Å². The predicted molar refractivity (Wildman–Crippen MR) is 46.5 cm³/mol. The summed E-state index contributed by atoms with van der Waals surface area (Å²) in [6, 6.07) is 3.29. The van der Waals surface area contributed by atoms with Crippen LogP contribution in [-0.2, 0) is 0 Å². The predicted octanol–water partition coefficient (Wildman–Crippen LogP) is 1.09. The molecule has 2 aliphatic heterocycles. The monoisotopic (exact) mass is 168 g/mol. The molecule has 3 heteroatoms. The average molecular weight is 168 g/mol. The Morgan fingerprint density at radius 2 is 2.45 bits per heavy atom. The first-order chi connectivity index (χ1) is 5.42. The van der Waals surface area contributed by atoms with E-state index in [0.717, 1.165) is 12.6 Å². The Morgan fingerprint density at radius 1 is 1.55 bits per heavy atom. The molecule has 3 atom stereocenters. The molecule has 2 heterocycles. The topological polar surface area (TPSA) is 26.8 Å². The fraction of sp³-hybridized carbons (Fsp3) is 0.875. The second kappa shape index (κ2) is 3.04. The van der Waals surface area contributed by atoms with E-state index in [9.17, 15) is 0 Å². The highest BCUT2D eigenvalue weighted by molar-refractivity contribution is 7.99. The Balaban J connectivity index is 1.83. The van der Waals surface area contributed by atoms with Crippen LogP contribution in [-0.4, -0.2) is 35.0 Å². The van der Waals surface area contributed by atoms with Gasteiger partial charge in [0.1, 0.15) is 6.04 Å². The Kier molecular flexibility index (Phi) is 2.06. The Bertz CT molecular complexity index is 181. The van der Waals surface area contributed by atoms with Crippen LogP contribution in [0.1, 0.15) is 12.8 Å². The molecule has 0 aliphatic carbocycles. The molecule has 0 N–H and O–H groups in total. The summed E-state index contributed by atoms with van der Waals surface area (Å²) >= 11 is 2.03. The van der Waals surface area contributed by atoms with Gasteiger partial charge < -0.3 is 0 Å². The molecule has 0 spiro atoms. The van der Waals surface area contributed by atoms with E-state index in [1.165, 1.54) is 24.3 Å². The standard InChI is InChI=1S/C8H12N2S/c9-4-8-5-10(8)7-2-1-3-11-6-7/h7-8H,1-3,5-6H2. The zero-order valence-corrected chi connectivity index (χ0v) is 7.31. The van der Waals surface area contributed by atoms with Crippen molar-refractivity contribution in [1.29, 1.82) is 5.26 Å². The molecule has 60 valence electrons. The lowest BCUT2D eigenvalue weighted by Gasteiger charge is -2.22. The number of nitriles is 1. The molecular weight excluding hydrogens is 156 g/mol. The van der Waals surface area contributed by atoms with E-state index < -0.39 is 0 Å². The highest BCUT2D eigenvalue weighted by Gasteiger charge is 2.39. The van der Waals surface area contributed by atoms with Gasteiger partial charge >= 0.3 is 0 Å². The minimum absolute atomic E-state index is 0.263. The van der Waals surface area contributed by atoms with Crippen LogP contribution in [0.4, 0.5) is 0 Å². The van der Waals surface area contributed by atoms with Crippen molar-refractivity contribution in [3.63, 3.8) is 0 Å². The van der Waals surface area contributed by atoms with Crippen molar-refractivity contribution in [2.75, 3.05) is 18.1 Å². The maximum absolute atomic E-state index is 8.61. The van der Waals surface area contributed by atoms with Crippen molar-refractivity contribution in [2.24, 2.45) is 0 Å². The average Bonchev–Trinajstić information content (AvgIpc) is 2.85. The lowest BCUT2D eigenvalue weighted by atomic mass is 10.2. The number of hydrogen-bond acceptors (Lipinski definition) is 3. The molecule has 11 heavy (non-hydrogen) atoms. The van der Waals surface area contributed by atoms with Crippen LogP contribution in [0.3, 0.4) is 0 Å². The van der Waals surface area contributed by atoms with Gasteiger partial charge in [0.25, 0.3) is 0 Å². The molecule has 0 aromatic heterocycles. The summed E-state index contributed by atoms with van der Waals surface area (Å²) in [4.78, 5) is 2.33. The lowest BCUT2D eigenvalue weighted by Crippen LogP contribution is -2.26. The van der Waals surface area contributed by atoms with Gasteiger partial charge in [0.05, 0.1) is 6.07 Å². The molecule has 0 aromatic carbocycles. The van der Waals surface area contributed by atoms with Crippen LogP contribution in [0.25, 0.3) is 0 Å². The molecule has 0 radical (unpaired) electrons. The lowest BCUT2D eigenvalue weighted by molar-refractivity contribution is 0.387. The fourth-order valence-corrected chi connectivity index (χ4v) is 2.82. The molecule has 2 saturated heterocycles. The fourth-order valence-electron chi connectivity index (χ4n) is 1.66. The first kappa shape index (κ1) is 7.45. The van der Waals surface area contributed by atoms with E-state index in [4.69, 9.17) is 5.26 Å². The van der Waals surface area contributed by atoms with Crippen LogP contribution in [0.15, 0.2) is 0 Å². The van der Waals surface area contributed by atoms with Gasteiger partial charge in [0.2, 0.25) is 0 Å². The summed E-state index contributed by atoms with van der Waals surface area (Å²) in [6.45, 7) is 1.03. The normalized spacial score (nSPS) is 43.0. The molecule has 0 aromatic rings. The second-order valence-corrected chi connectivity index (χ2v) is 4.36. The minimum Gasteiger partial charge on any atom is -0.281 e.